The Morgan fingerprint density at radius 3 is 2.22 bits per heavy atom. The molecule has 1 saturated heterocycles. The Hall–Kier alpha value is -5.29. The zero-order valence-corrected chi connectivity index (χ0v) is 29.7. The molecule has 0 unspecified atom stereocenters. The average molecular weight is 693 g/mol. The van der Waals surface area contributed by atoms with Gasteiger partial charge in [0, 0.05) is 36.6 Å². The SMILES string of the molecule is Cc1cccc(CN2CCN([C@H](C(=O)N[C@H](Cc3ccc(-c4ccccn4)cc3)C[C@@H](O)[C@H](Cc3ccccc3)NC(=O)O)C(C)(C)C)C2=O)n1. The summed E-state index contributed by atoms with van der Waals surface area (Å²) in [7, 11) is 0. The Balaban J connectivity index is 1.38. The van der Waals surface area contributed by atoms with Crippen molar-refractivity contribution in [3.05, 3.63) is 120 Å². The molecule has 1 aliphatic rings. The van der Waals surface area contributed by atoms with Crippen molar-refractivity contribution in [2.45, 2.75) is 77.7 Å². The number of aryl methyl sites for hydroxylation is 1. The number of aromatic nitrogens is 2. The summed E-state index contributed by atoms with van der Waals surface area (Å²) in [6.07, 6.45) is 0.0766. The molecule has 4 atom stereocenters. The van der Waals surface area contributed by atoms with Crippen LogP contribution in [0.5, 0.6) is 0 Å². The lowest BCUT2D eigenvalue weighted by atomic mass is 9.84. The van der Waals surface area contributed by atoms with Gasteiger partial charge in [0.2, 0.25) is 5.91 Å². The Bertz CT molecular complexity index is 1760. The normalized spacial score (nSPS) is 15.6. The van der Waals surface area contributed by atoms with Crippen LogP contribution in [0.15, 0.2) is 97.2 Å². The van der Waals surface area contributed by atoms with Crippen molar-refractivity contribution in [2.75, 3.05) is 13.1 Å². The summed E-state index contributed by atoms with van der Waals surface area (Å²) in [5, 5.41) is 26.9. The smallest absolute Gasteiger partial charge is 0.404 e. The summed E-state index contributed by atoms with van der Waals surface area (Å²) >= 11 is 0. The van der Waals surface area contributed by atoms with Gasteiger partial charge in [0.1, 0.15) is 6.04 Å². The van der Waals surface area contributed by atoms with E-state index in [1.54, 1.807) is 16.0 Å². The highest BCUT2D eigenvalue weighted by Gasteiger charge is 2.44. The predicted molar refractivity (Wildman–Crippen MR) is 196 cm³/mol. The van der Waals surface area contributed by atoms with E-state index in [0.717, 1.165) is 33.8 Å². The summed E-state index contributed by atoms with van der Waals surface area (Å²) in [5.74, 6) is -0.334. The lowest BCUT2D eigenvalue weighted by Gasteiger charge is -2.38. The largest absolute Gasteiger partial charge is 0.465 e. The molecule has 0 spiro atoms. The molecular formula is C40H48N6O5. The second-order valence-corrected chi connectivity index (χ2v) is 14.3. The van der Waals surface area contributed by atoms with E-state index in [0.29, 0.717) is 26.1 Å². The third-order valence-electron chi connectivity index (χ3n) is 9.15. The number of benzene rings is 2. The maximum Gasteiger partial charge on any atom is 0.404 e. The molecule has 4 aromatic rings. The van der Waals surface area contributed by atoms with Crippen LogP contribution < -0.4 is 10.6 Å². The first-order valence-electron chi connectivity index (χ1n) is 17.4. The van der Waals surface area contributed by atoms with Crippen LogP contribution in [0.3, 0.4) is 0 Å². The fraction of sp³-hybridized carbons (Fsp3) is 0.375. The number of aliphatic hydroxyl groups excluding tert-OH is 1. The number of carboxylic acid groups (broad SMARTS) is 1. The molecule has 4 N–H and O–H groups in total. The van der Waals surface area contributed by atoms with Gasteiger partial charge in [-0.05, 0) is 67.0 Å². The number of carbonyl (C=O) groups is 3. The molecule has 0 radical (unpaired) electrons. The molecule has 1 fully saturated rings. The van der Waals surface area contributed by atoms with Gasteiger partial charge in [0.15, 0.2) is 0 Å². The van der Waals surface area contributed by atoms with Crippen LogP contribution in [-0.4, -0.2) is 85.3 Å². The summed E-state index contributed by atoms with van der Waals surface area (Å²) in [6, 6.07) is 26.2. The molecule has 0 bridgehead atoms. The van der Waals surface area contributed by atoms with Crippen molar-refractivity contribution in [1.29, 1.82) is 0 Å². The van der Waals surface area contributed by atoms with E-state index in [-0.39, 0.29) is 24.8 Å². The summed E-state index contributed by atoms with van der Waals surface area (Å²) in [5.41, 5.74) is 4.59. The second kappa shape index (κ2) is 16.6. The van der Waals surface area contributed by atoms with Crippen molar-refractivity contribution in [1.82, 2.24) is 30.4 Å². The minimum Gasteiger partial charge on any atom is -0.465 e. The maximum atomic E-state index is 14.4. The number of rotatable bonds is 14. The van der Waals surface area contributed by atoms with E-state index in [9.17, 15) is 24.6 Å². The minimum absolute atomic E-state index is 0.0709. The number of hydrogen-bond donors (Lipinski definition) is 4. The molecule has 3 heterocycles. The van der Waals surface area contributed by atoms with Crippen molar-refractivity contribution in [2.24, 2.45) is 5.41 Å². The van der Waals surface area contributed by atoms with Crippen molar-refractivity contribution < 1.29 is 24.6 Å². The summed E-state index contributed by atoms with van der Waals surface area (Å²) < 4.78 is 0. The van der Waals surface area contributed by atoms with Crippen LogP contribution >= 0.6 is 0 Å². The zero-order chi connectivity index (χ0) is 36.5. The number of urea groups is 1. The van der Waals surface area contributed by atoms with Gasteiger partial charge in [-0.15, -0.1) is 0 Å². The Kier molecular flexibility index (Phi) is 12.0. The third-order valence-corrected chi connectivity index (χ3v) is 9.15. The van der Waals surface area contributed by atoms with Crippen LogP contribution in [0, 0.1) is 12.3 Å². The van der Waals surface area contributed by atoms with E-state index in [2.05, 4.69) is 20.6 Å². The van der Waals surface area contributed by atoms with E-state index >= 15 is 0 Å². The van der Waals surface area contributed by atoms with Gasteiger partial charge in [0.05, 0.1) is 30.1 Å². The van der Waals surface area contributed by atoms with Crippen LogP contribution in [-0.2, 0) is 24.2 Å². The standard InChI is InChI=1S/C40H48N6O5/c1-27-11-10-14-31(42-27)26-45-21-22-46(39(45)51)36(40(2,3)4)37(48)43-32(23-29-16-18-30(19-17-29)33-15-8-9-20-41-33)25-35(47)34(44-38(49)50)24-28-12-6-5-7-13-28/h5-20,32,34-36,44,47H,21-26H2,1-4H3,(H,43,48)(H,49,50)/t32-,34+,35-,36-/m1/s1. The van der Waals surface area contributed by atoms with Gasteiger partial charge in [-0.1, -0.05) is 87.5 Å². The zero-order valence-electron chi connectivity index (χ0n) is 29.7. The molecule has 1 aliphatic heterocycles. The Labute approximate surface area is 299 Å². The first-order valence-corrected chi connectivity index (χ1v) is 17.4. The monoisotopic (exact) mass is 692 g/mol. The highest BCUT2D eigenvalue weighted by atomic mass is 16.4. The Morgan fingerprint density at radius 2 is 1.57 bits per heavy atom. The molecule has 11 heteroatoms. The molecular weight excluding hydrogens is 644 g/mol. The molecule has 5 rings (SSSR count). The van der Waals surface area contributed by atoms with Gasteiger partial charge >= 0.3 is 12.1 Å². The van der Waals surface area contributed by atoms with Crippen molar-refractivity contribution in [3.8, 4) is 11.3 Å². The number of amides is 4. The highest BCUT2D eigenvalue weighted by molar-refractivity contribution is 5.89. The van der Waals surface area contributed by atoms with Crippen LogP contribution in [0.1, 0.15) is 49.7 Å². The molecule has 4 amide bonds. The average Bonchev–Trinajstić information content (AvgIpc) is 3.43. The van der Waals surface area contributed by atoms with Gasteiger partial charge in [0.25, 0.3) is 0 Å². The molecule has 2 aromatic heterocycles. The number of nitrogens with one attached hydrogen (secondary N) is 2. The minimum atomic E-state index is -1.24. The summed E-state index contributed by atoms with van der Waals surface area (Å²) in [4.78, 5) is 52.3. The van der Waals surface area contributed by atoms with Crippen molar-refractivity contribution >= 4 is 18.0 Å². The van der Waals surface area contributed by atoms with E-state index in [1.807, 2.05) is 119 Å². The first-order chi connectivity index (χ1) is 24.4. The quantitative estimate of drug-likeness (QED) is 0.137. The number of pyridine rings is 2. The maximum absolute atomic E-state index is 14.4. The van der Waals surface area contributed by atoms with Crippen LogP contribution in [0.2, 0.25) is 0 Å². The lowest BCUT2D eigenvalue weighted by Crippen LogP contribution is -2.57. The first kappa shape index (κ1) is 37.0. The predicted octanol–water partition coefficient (Wildman–Crippen LogP) is 5.46. The van der Waals surface area contributed by atoms with Crippen LogP contribution in [0.25, 0.3) is 11.3 Å². The van der Waals surface area contributed by atoms with E-state index < -0.39 is 35.7 Å². The lowest BCUT2D eigenvalue weighted by molar-refractivity contribution is -0.129. The topological polar surface area (TPSA) is 148 Å². The number of carbonyl (C=O) groups excluding carboxylic acids is 2. The van der Waals surface area contributed by atoms with Gasteiger partial charge < -0.3 is 30.6 Å². The number of hydrogen-bond acceptors (Lipinski definition) is 6. The highest BCUT2D eigenvalue weighted by Crippen LogP contribution is 2.29. The fourth-order valence-corrected chi connectivity index (χ4v) is 6.74. The number of nitrogens with zero attached hydrogens (tertiary/aromatic N) is 4. The van der Waals surface area contributed by atoms with E-state index in [1.165, 1.54) is 0 Å². The molecule has 0 aliphatic carbocycles. The third kappa shape index (κ3) is 10.1. The Morgan fingerprint density at radius 1 is 0.863 bits per heavy atom. The van der Waals surface area contributed by atoms with Gasteiger partial charge in [-0.3, -0.25) is 14.8 Å². The molecule has 268 valence electrons. The molecule has 2 aromatic carbocycles. The molecule has 11 nitrogen and oxygen atoms in total. The second-order valence-electron chi connectivity index (χ2n) is 14.3. The van der Waals surface area contributed by atoms with Crippen LogP contribution in [0.4, 0.5) is 9.59 Å². The van der Waals surface area contributed by atoms with E-state index in [4.69, 9.17) is 0 Å². The van der Waals surface area contributed by atoms with Gasteiger partial charge in [-0.25, -0.2) is 9.59 Å². The van der Waals surface area contributed by atoms with Gasteiger partial charge in [-0.2, -0.15) is 0 Å². The molecule has 51 heavy (non-hydrogen) atoms. The summed E-state index contributed by atoms with van der Waals surface area (Å²) in [6.45, 7) is 8.89. The van der Waals surface area contributed by atoms with Crippen molar-refractivity contribution in [3.63, 3.8) is 0 Å². The fourth-order valence-electron chi connectivity index (χ4n) is 6.74. The number of aliphatic hydroxyl groups is 1. The molecule has 0 saturated carbocycles.